The standard InChI is InChI=1S/C25H29N5O3S/c1-32-21-14-18-12-13-29(24(17-8-4-3-5-9-17)20(18)15-22(21)33-2)23(31)16-34-25-26-27-28-30(25)19-10-6-7-11-19/h3-5,8-9,14-15,19,24H,6-7,10-13,16H2,1-2H3/t24-/m1/s1. The van der Waals surface area contributed by atoms with Gasteiger partial charge in [-0.25, -0.2) is 4.68 Å². The first-order chi connectivity index (χ1) is 16.7. The van der Waals surface area contributed by atoms with Crippen molar-refractivity contribution in [1.82, 2.24) is 25.1 Å². The number of hydrogen-bond donors (Lipinski definition) is 0. The Hall–Kier alpha value is -3.07. The first kappa shape index (κ1) is 22.7. The van der Waals surface area contributed by atoms with Crippen LogP contribution in [0.25, 0.3) is 0 Å². The van der Waals surface area contributed by atoms with Gasteiger partial charge >= 0.3 is 0 Å². The minimum atomic E-state index is -0.191. The van der Waals surface area contributed by atoms with Crippen molar-refractivity contribution in [3.63, 3.8) is 0 Å². The van der Waals surface area contributed by atoms with Gasteiger partial charge in [0.1, 0.15) is 0 Å². The Morgan fingerprint density at radius 3 is 2.56 bits per heavy atom. The van der Waals surface area contributed by atoms with E-state index in [4.69, 9.17) is 9.47 Å². The predicted octanol–water partition coefficient (Wildman–Crippen LogP) is 4.07. The minimum absolute atomic E-state index is 0.0697. The van der Waals surface area contributed by atoms with Gasteiger partial charge in [-0.15, -0.1) is 5.10 Å². The van der Waals surface area contributed by atoms with Gasteiger partial charge in [-0.05, 0) is 58.5 Å². The molecule has 0 radical (unpaired) electrons. The minimum Gasteiger partial charge on any atom is -0.493 e. The number of fused-ring (bicyclic) bond motifs is 1. The zero-order valence-corrected chi connectivity index (χ0v) is 20.3. The third-order valence-electron chi connectivity index (χ3n) is 6.77. The summed E-state index contributed by atoms with van der Waals surface area (Å²) in [5.74, 6) is 1.74. The van der Waals surface area contributed by atoms with E-state index in [2.05, 4.69) is 27.7 Å². The molecule has 0 saturated heterocycles. The number of carbonyl (C=O) groups is 1. The number of ether oxygens (including phenoxy) is 2. The number of benzene rings is 2. The average molecular weight is 480 g/mol. The molecule has 0 bridgehead atoms. The monoisotopic (exact) mass is 479 g/mol. The molecule has 0 unspecified atom stereocenters. The van der Waals surface area contributed by atoms with Crippen molar-refractivity contribution in [2.24, 2.45) is 0 Å². The van der Waals surface area contributed by atoms with Crippen molar-refractivity contribution in [2.75, 3.05) is 26.5 Å². The van der Waals surface area contributed by atoms with Gasteiger partial charge in [0.05, 0.1) is 32.1 Å². The lowest BCUT2D eigenvalue weighted by Gasteiger charge is -2.38. The molecular weight excluding hydrogens is 450 g/mol. The van der Waals surface area contributed by atoms with E-state index in [1.807, 2.05) is 39.9 Å². The quantitative estimate of drug-likeness (QED) is 0.473. The number of methoxy groups -OCH3 is 2. The lowest BCUT2D eigenvalue weighted by molar-refractivity contribution is -0.130. The molecule has 2 aromatic carbocycles. The van der Waals surface area contributed by atoms with Gasteiger partial charge < -0.3 is 14.4 Å². The third kappa shape index (κ3) is 4.36. The van der Waals surface area contributed by atoms with Crippen LogP contribution in [0.3, 0.4) is 0 Å². The highest BCUT2D eigenvalue weighted by molar-refractivity contribution is 7.99. The van der Waals surface area contributed by atoms with Crippen LogP contribution in [0.1, 0.15) is 54.5 Å². The Kier molecular flexibility index (Phi) is 6.71. The van der Waals surface area contributed by atoms with E-state index in [0.717, 1.165) is 35.5 Å². The Labute approximate surface area is 203 Å². The Morgan fingerprint density at radius 1 is 1.09 bits per heavy atom. The van der Waals surface area contributed by atoms with Crippen LogP contribution in [0, 0.1) is 0 Å². The van der Waals surface area contributed by atoms with Gasteiger partial charge in [-0.2, -0.15) is 0 Å². The molecule has 1 aliphatic carbocycles. The van der Waals surface area contributed by atoms with Crippen LogP contribution in [-0.4, -0.2) is 57.5 Å². The highest BCUT2D eigenvalue weighted by atomic mass is 32.2. The van der Waals surface area contributed by atoms with Crippen molar-refractivity contribution < 1.29 is 14.3 Å². The molecule has 1 saturated carbocycles. The number of carbonyl (C=O) groups excluding carboxylic acids is 1. The van der Waals surface area contributed by atoms with Gasteiger partial charge in [0.2, 0.25) is 11.1 Å². The fourth-order valence-electron chi connectivity index (χ4n) is 5.08. The number of rotatable bonds is 7. The lowest BCUT2D eigenvalue weighted by Crippen LogP contribution is -2.41. The highest BCUT2D eigenvalue weighted by Gasteiger charge is 2.33. The van der Waals surface area contributed by atoms with Crippen LogP contribution in [0.2, 0.25) is 0 Å². The molecule has 1 aromatic heterocycles. The molecular formula is C25H29N5O3S. The van der Waals surface area contributed by atoms with Crippen molar-refractivity contribution >= 4 is 17.7 Å². The van der Waals surface area contributed by atoms with E-state index in [-0.39, 0.29) is 11.9 Å². The van der Waals surface area contributed by atoms with Crippen LogP contribution in [0.4, 0.5) is 0 Å². The summed E-state index contributed by atoms with van der Waals surface area (Å²) in [6.45, 7) is 0.634. The number of amides is 1. The number of nitrogens with zero attached hydrogens (tertiary/aromatic N) is 5. The average Bonchev–Trinajstić information content (AvgIpc) is 3.58. The van der Waals surface area contributed by atoms with Gasteiger partial charge in [-0.3, -0.25) is 4.79 Å². The third-order valence-corrected chi connectivity index (χ3v) is 7.69. The predicted molar refractivity (Wildman–Crippen MR) is 129 cm³/mol. The molecule has 0 N–H and O–H groups in total. The normalized spacial score (nSPS) is 18.1. The number of tetrazole rings is 1. The maximum atomic E-state index is 13.6. The van der Waals surface area contributed by atoms with Gasteiger partial charge in [0.15, 0.2) is 11.5 Å². The fourth-order valence-corrected chi connectivity index (χ4v) is 5.91. The fraction of sp³-hybridized carbons (Fsp3) is 0.440. The summed E-state index contributed by atoms with van der Waals surface area (Å²) in [5.41, 5.74) is 3.32. The molecule has 178 valence electrons. The first-order valence-corrected chi connectivity index (χ1v) is 12.7. The van der Waals surface area contributed by atoms with Crippen LogP contribution < -0.4 is 9.47 Å². The van der Waals surface area contributed by atoms with E-state index >= 15 is 0 Å². The molecule has 3 aromatic rings. The van der Waals surface area contributed by atoms with Crippen LogP contribution in [-0.2, 0) is 11.2 Å². The van der Waals surface area contributed by atoms with Gasteiger partial charge in [-0.1, -0.05) is 54.9 Å². The SMILES string of the molecule is COc1cc2c(cc1OC)[C@@H](c1ccccc1)N(C(=O)CSc1nnnn1C1CCCC1)CC2. The second-order valence-corrected chi connectivity index (χ2v) is 9.63. The summed E-state index contributed by atoms with van der Waals surface area (Å²) in [7, 11) is 3.28. The van der Waals surface area contributed by atoms with Crippen molar-refractivity contribution in [3.8, 4) is 11.5 Å². The molecule has 1 atom stereocenters. The summed E-state index contributed by atoms with van der Waals surface area (Å²) < 4.78 is 13.0. The van der Waals surface area contributed by atoms with E-state index in [1.165, 1.54) is 30.2 Å². The molecule has 1 aliphatic heterocycles. The van der Waals surface area contributed by atoms with Gasteiger partial charge in [0.25, 0.3) is 0 Å². The Bertz CT molecular complexity index is 1150. The first-order valence-electron chi connectivity index (χ1n) is 11.7. The van der Waals surface area contributed by atoms with E-state index < -0.39 is 0 Å². The molecule has 0 spiro atoms. The summed E-state index contributed by atoms with van der Waals surface area (Å²) in [6, 6.07) is 14.4. The summed E-state index contributed by atoms with van der Waals surface area (Å²) in [6.07, 6.45) is 5.35. The van der Waals surface area contributed by atoms with Crippen LogP contribution in [0.15, 0.2) is 47.6 Å². The molecule has 1 fully saturated rings. The zero-order chi connectivity index (χ0) is 23.5. The number of hydrogen-bond acceptors (Lipinski definition) is 7. The number of aromatic nitrogens is 4. The van der Waals surface area contributed by atoms with Crippen LogP contribution in [0.5, 0.6) is 11.5 Å². The molecule has 9 heteroatoms. The van der Waals surface area contributed by atoms with Crippen LogP contribution >= 0.6 is 11.8 Å². The van der Waals surface area contributed by atoms with Crippen molar-refractivity contribution in [2.45, 2.75) is 49.3 Å². The van der Waals surface area contributed by atoms with E-state index in [0.29, 0.717) is 29.8 Å². The second-order valence-electron chi connectivity index (χ2n) is 8.69. The molecule has 1 amide bonds. The number of thioether (sulfide) groups is 1. The second kappa shape index (κ2) is 10.0. The molecule has 5 rings (SSSR count). The molecule has 2 heterocycles. The molecule has 2 aliphatic rings. The summed E-state index contributed by atoms with van der Waals surface area (Å²) in [5, 5.41) is 13.0. The van der Waals surface area contributed by atoms with E-state index in [1.54, 1.807) is 14.2 Å². The lowest BCUT2D eigenvalue weighted by atomic mass is 9.87. The van der Waals surface area contributed by atoms with Gasteiger partial charge in [0, 0.05) is 6.54 Å². The largest absolute Gasteiger partial charge is 0.493 e. The summed E-state index contributed by atoms with van der Waals surface area (Å²) >= 11 is 1.43. The van der Waals surface area contributed by atoms with E-state index in [9.17, 15) is 4.79 Å². The molecule has 8 nitrogen and oxygen atoms in total. The van der Waals surface area contributed by atoms with Crippen molar-refractivity contribution in [1.29, 1.82) is 0 Å². The smallest absolute Gasteiger partial charge is 0.233 e. The Balaban J connectivity index is 1.42. The molecule has 34 heavy (non-hydrogen) atoms. The zero-order valence-electron chi connectivity index (χ0n) is 19.5. The maximum Gasteiger partial charge on any atom is 0.233 e. The van der Waals surface area contributed by atoms with Crippen molar-refractivity contribution in [3.05, 3.63) is 59.2 Å². The maximum absolute atomic E-state index is 13.6. The highest BCUT2D eigenvalue weighted by Crippen LogP contribution is 2.41. The topological polar surface area (TPSA) is 82.4 Å². The summed E-state index contributed by atoms with van der Waals surface area (Å²) in [4.78, 5) is 15.5. The Morgan fingerprint density at radius 2 is 1.82 bits per heavy atom.